The van der Waals surface area contributed by atoms with Crippen LogP contribution >= 0.6 is 15.9 Å². The van der Waals surface area contributed by atoms with Crippen LogP contribution in [0.1, 0.15) is 12.0 Å². The SMILES string of the molecule is Cc1cnc(N2CCCS(=O)(=O)CC2)c(Br)c1. The average Bonchev–Trinajstić information content (AvgIpc) is 2.40. The molecule has 0 aliphatic carbocycles. The zero-order valence-corrected chi connectivity index (χ0v) is 12.1. The van der Waals surface area contributed by atoms with Crippen LogP contribution in [0.3, 0.4) is 0 Å². The van der Waals surface area contributed by atoms with E-state index in [0.717, 1.165) is 22.4 Å². The highest BCUT2D eigenvalue weighted by atomic mass is 79.9. The molecule has 0 amide bonds. The Morgan fingerprint density at radius 1 is 1.35 bits per heavy atom. The standard InChI is InChI=1S/C11H15BrN2O2S/c1-9-7-10(12)11(13-8-9)14-3-2-5-17(15,16)6-4-14/h7-8H,2-6H2,1H3. The fourth-order valence-corrected chi connectivity index (χ4v) is 3.90. The lowest BCUT2D eigenvalue weighted by molar-refractivity contribution is 0.597. The number of nitrogens with zero attached hydrogens (tertiary/aromatic N) is 2. The van der Waals surface area contributed by atoms with Crippen LogP contribution in [0.15, 0.2) is 16.7 Å². The topological polar surface area (TPSA) is 50.3 Å². The molecule has 2 heterocycles. The van der Waals surface area contributed by atoms with Crippen molar-refractivity contribution in [1.29, 1.82) is 0 Å². The van der Waals surface area contributed by atoms with E-state index in [9.17, 15) is 8.42 Å². The van der Waals surface area contributed by atoms with E-state index >= 15 is 0 Å². The summed E-state index contributed by atoms with van der Waals surface area (Å²) in [4.78, 5) is 6.41. The van der Waals surface area contributed by atoms with Crippen LogP contribution < -0.4 is 4.90 Å². The number of hydrogen-bond acceptors (Lipinski definition) is 4. The molecule has 1 aliphatic rings. The van der Waals surface area contributed by atoms with Crippen molar-refractivity contribution < 1.29 is 8.42 Å². The summed E-state index contributed by atoms with van der Waals surface area (Å²) in [5.41, 5.74) is 1.09. The van der Waals surface area contributed by atoms with Gasteiger partial charge in [0.05, 0.1) is 16.0 Å². The van der Waals surface area contributed by atoms with Crippen LogP contribution in [0.2, 0.25) is 0 Å². The summed E-state index contributed by atoms with van der Waals surface area (Å²) in [7, 11) is -2.87. The summed E-state index contributed by atoms with van der Waals surface area (Å²) < 4.78 is 24.0. The van der Waals surface area contributed by atoms with Gasteiger partial charge in [0.15, 0.2) is 9.84 Å². The van der Waals surface area contributed by atoms with Gasteiger partial charge in [-0.2, -0.15) is 0 Å². The quantitative estimate of drug-likeness (QED) is 0.792. The molecule has 0 radical (unpaired) electrons. The number of anilines is 1. The van der Waals surface area contributed by atoms with Crippen LogP contribution in [0.5, 0.6) is 0 Å². The van der Waals surface area contributed by atoms with E-state index in [1.54, 1.807) is 6.20 Å². The molecule has 2 rings (SSSR count). The second kappa shape index (κ2) is 4.94. The van der Waals surface area contributed by atoms with E-state index in [0.29, 0.717) is 13.0 Å². The van der Waals surface area contributed by atoms with Crippen LogP contribution in [0, 0.1) is 6.92 Å². The van der Waals surface area contributed by atoms with Crippen molar-refractivity contribution >= 4 is 31.6 Å². The monoisotopic (exact) mass is 318 g/mol. The van der Waals surface area contributed by atoms with Crippen LogP contribution in [0.25, 0.3) is 0 Å². The fraction of sp³-hybridized carbons (Fsp3) is 0.545. The van der Waals surface area contributed by atoms with Crippen LogP contribution in [-0.2, 0) is 9.84 Å². The number of sulfone groups is 1. The van der Waals surface area contributed by atoms with Crippen molar-refractivity contribution in [2.24, 2.45) is 0 Å². The summed E-state index contributed by atoms with van der Waals surface area (Å²) in [5, 5.41) is 0. The van der Waals surface area contributed by atoms with Gasteiger partial charge < -0.3 is 4.90 Å². The molecule has 1 aromatic rings. The summed E-state index contributed by atoms with van der Waals surface area (Å²) in [5.74, 6) is 1.34. The van der Waals surface area contributed by atoms with Crippen molar-refractivity contribution in [2.45, 2.75) is 13.3 Å². The molecule has 17 heavy (non-hydrogen) atoms. The molecule has 0 unspecified atom stereocenters. The minimum atomic E-state index is -2.87. The van der Waals surface area contributed by atoms with E-state index in [1.807, 2.05) is 17.9 Å². The lowest BCUT2D eigenvalue weighted by atomic mass is 10.3. The number of hydrogen-bond donors (Lipinski definition) is 0. The summed E-state index contributed by atoms with van der Waals surface area (Å²) in [6.07, 6.45) is 2.48. The minimum Gasteiger partial charge on any atom is -0.355 e. The maximum Gasteiger partial charge on any atom is 0.152 e. The van der Waals surface area contributed by atoms with Gasteiger partial charge in [-0.05, 0) is 40.9 Å². The molecular formula is C11H15BrN2O2S. The molecular weight excluding hydrogens is 304 g/mol. The van der Waals surface area contributed by atoms with Gasteiger partial charge >= 0.3 is 0 Å². The van der Waals surface area contributed by atoms with Gasteiger partial charge in [-0.3, -0.25) is 0 Å². The predicted octanol–water partition coefficient (Wildman–Crippen LogP) is 1.78. The third-order valence-electron chi connectivity index (χ3n) is 2.81. The van der Waals surface area contributed by atoms with Crippen LogP contribution in [-0.4, -0.2) is 38.0 Å². The minimum absolute atomic E-state index is 0.217. The highest BCUT2D eigenvalue weighted by Gasteiger charge is 2.21. The van der Waals surface area contributed by atoms with Crippen molar-refractivity contribution in [3.8, 4) is 0 Å². The first-order chi connectivity index (χ1) is 7.98. The lowest BCUT2D eigenvalue weighted by Crippen LogP contribution is -2.27. The Kier molecular flexibility index (Phi) is 3.73. The lowest BCUT2D eigenvalue weighted by Gasteiger charge is -2.22. The molecule has 0 saturated carbocycles. The maximum atomic E-state index is 11.5. The van der Waals surface area contributed by atoms with Crippen molar-refractivity contribution in [3.05, 3.63) is 22.3 Å². The third kappa shape index (κ3) is 3.19. The Morgan fingerprint density at radius 3 is 2.82 bits per heavy atom. The summed E-state index contributed by atoms with van der Waals surface area (Å²) >= 11 is 3.48. The first-order valence-electron chi connectivity index (χ1n) is 5.55. The molecule has 0 spiro atoms. The van der Waals surface area contributed by atoms with E-state index in [-0.39, 0.29) is 11.5 Å². The number of rotatable bonds is 1. The number of aromatic nitrogens is 1. The van der Waals surface area contributed by atoms with Crippen molar-refractivity contribution in [1.82, 2.24) is 4.98 Å². The average molecular weight is 319 g/mol. The molecule has 1 saturated heterocycles. The van der Waals surface area contributed by atoms with Gasteiger partial charge in [0.25, 0.3) is 0 Å². The number of pyridine rings is 1. The van der Waals surface area contributed by atoms with Gasteiger partial charge in [0.2, 0.25) is 0 Å². The molecule has 0 aromatic carbocycles. The second-order valence-corrected chi connectivity index (χ2v) is 7.47. The van der Waals surface area contributed by atoms with Crippen molar-refractivity contribution in [3.63, 3.8) is 0 Å². The van der Waals surface area contributed by atoms with Gasteiger partial charge in [-0.15, -0.1) is 0 Å². The first kappa shape index (κ1) is 12.8. The molecule has 94 valence electrons. The molecule has 0 N–H and O–H groups in total. The number of aryl methyl sites for hydroxylation is 1. The molecule has 0 atom stereocenters. The normalized spacial score (nSPS) is 20.0. The molecule has 1 aromatic heterocycles. The van der Waals surface area contributed by atoms with Crippen molar-refractivity contribution in [2.75, 3.05) is 29.5 Å². The van der Waals surface area contributed by atoms with Gasteiger partial charge in [-0.1, -0.05) is 0 Å². The van der Waals surface area contributed by atoms with Crippen LogP contribution in [0.4, 0.5) is 5.82 Å². The highest BCUT2D eigenvalue weighted by molar-refractivity contribution is 9.10. The Morgan fingerprint density at radius 2 is 2.12 bits per heavy atom. The summed E-state index contributed by atoms with van der Waals surface area (Å²) in [6.45, 7) is 3.25. The Bertz CT molecular complexity index is 516. The zero-order chi connectivity index (χ0) is 12.5. The summed E-state index contributed by atoms with van der Waals surface area (Å²) in [6, 6.07) is 2.00. The zero-order valence-electron chi connectivity index (χ0n) is 9.69. The molecule has 4 nitrogen and oxygen atoms in total. The van der Waals surface area contributed by atoms with Gasteiger partial charge in [0, 0.05) is 19.3 Å². The van der Waals surface area contributed by atoms with E-state index in [1.165, 1.54) is 0 Å². The Balaban J connectivity index is 2.23. The molecule has 1 aliphatic heterocycles. The van der Waals surface area contributed by atoms with Gasteiger partial charge in [-0.25, -0.2) is 13.4 Å². The Hall–Kier alpha value is -0.620. The predicted molar refractivity (Wildman–Crippen MR) is 72.2 cm³/mol. The Labute approximate surface area is 110 Å². The molecule has 1 fully saturated rings. The number of halogens is 1. The first-order valence-corrected chi connectivity index (χ1v) is 8.17. The molecule has 0 bridgehead atoms. The fourth-order valence-electron chi connectivity index (χ4n) is 1.91. The molecule has 6 heteroatoms. The van der Waals surface area contributed by atoms with E-state index in [2.05, 4.69) is 20.9 Å². The third-order valence-corrected chi connectivity index (χ3v) is 5.11. The maximum absolute atomic E-state index is 11.5. The van der Waals surface area contributed by atoms with E-state index in [4.69, 9.17) is 0 Å². The van der Waals surface area contributed by atoms with Gasteiger partial charge in [0.1, 0.15) is 5.82 Å². The highest BCUT2D eigenvalue weighted by Crippen LogP contribution is 2.25. The smallest absolute Gasteiger partial charge is 0.152 e. The van der Waals surface area contributed by atoms with E-state index < -0.39 is 9.84 Å². The second-order valence-electron chi connectivity index (χ2n) is 4.31. The largest absolute Gasteiger partial charge is 0.355 e.